The van der Waals surface area contributed by atoms with Crippen molar-refractivity contribution in [2.24, 2.45) is 5.92 Å². The van der Waals surface area contributed by atoms with Gasteiger partial charge in [0.05, 0.1) is 0 Å². The summed E-state index contributed by atoms with van der Waals surface area (Å²) in [6.07, 6.45) is 6.20. The third-order valence-electron chi connectivity index (χ3n) is 6.07. The first-order valence-electron chi connectivity index (χ1n) is 11.6. The Morgan fingerprint density at radius 2 is 1.97 bits per heavy atom. The van der Waals surface area contributed by atoms with Crippen LogP contribution in [0.5, 0.6) is 11.5 Å². The zero-order valence-corrected chi connectivity index (χ0v) is 20.9. The van der Waals surface area contributed by atoms with E-state index in [0.29, 0.717) is 12.0 Å². The second kappa shape index (κ2) is 12.0. The van der Waals surface area contributed by atoms with Gasteiger partial charge in [-0.05, 0) is 69.6 Å². The lowest BCUT2D eigenvalue weighted by molar-refractivity contribution is -0.143. The second-order valence-electron chi connectivity index (χ2n) is 8.93. The molecule has 1 unspecified atom stereocenters. The van der Waals surface area contributed by atoms with Crippen LogP contribution in [0.4, 0.5) is 0 Å². The van der Waals surface area contributed by atoms with Gasteiger partial charge in [0, 0.05) is 11.5 Å². The van der Waals surface area contributed by atoms with Gasteiger partial charge in [-0.15, -0.1) is 0 Å². The molecule has 8 heteroatoms. The van der Waals surface area contributed by atoms with Crippen molar-refractivity contribution in [3.8, 4) is 11.5 Å². The zero-order chi connectivity index (χ0) is 24.8. The van der Waals surface area contributed by atoms with E-state index in [1.54, 1.807) is 19.1 Å². The van der Waals surface area contributed by atoms with Gasteiger partial charge in [0.25, 0.3) is 0 Å². The lowest BCUT2D eigenvalue weighted by atomic mass is 9.73. The predicted octanol–water partition coefficient (Wildman–Crippen LogP) is 5.93. The van der Waals surface area contributed by atoms with Gasteiger partial charge in [0.2, 0.25) is 0 Å². The van der Waals surface area contributed by atoms with Gasteiger partial charge in [-0.1, -0.05) is 50.5 Å². The molecule has 0 fully saturated rings. The van der Waals surface area contributed by atoms with Crippen LogP contribution in [0.1, 0.15) is 83.3 Å². The SMILES string of the molecule is C=C(C)[C@@H]1CCC(C)=C[C@H]1c1c(O)cc(CCCCC)cc1OC(=O)C(CC)OP(=O)(O)O. The Morgan fingerprint density at radius 1 is 1.27 bits per heavy atom. The Labute approximate surface area is 196 Å². The molecule has 184 valence electrons. The summed E-state index contributed by atoms with van der Waals surface area (Å²) in [6, 6.07) is 3.47. The van der Waals surface area contributed by atoms with E-state index in [1.807, 2.05) is 13.8 Å². The van der Waals surface area contributed by atoms with Crippen LogP contribution in [0.3, 0.4) is 0 Å². The molecule has 33 heavy (non-hydrogen) atoms. The number of rotatable bonds is 11. The van der Waals surface area contributed by atoms with Crippen molar-refractivity contribution in [1.82, 2.24) is 0 Å². The molecule has 0 aromatic heterocycles. The van der Waals surface area contributed by atoms with Crippen LogP contribution in [0, 0.1) is 5.92 Å². The van der Waals surface area contributed by atoms with E-state index in [0.717, 1.165) is 43.2 Å². The number of phenols is 1. The van der Waals surface area contributed by atoms with Gasteiger partial charge in [0.1, 0.15) is 11.5 Å². The highest BCUT2D eigenvalue weighted by molar-refractivity contribution is 7.46. The highest BCUT2D eigenvalue weighted by atomic mass is 31.2. The molecule has 0 bridgehead atoms. The highest BCUT2D eigenvalue weighted by Gasteiger charge is 2.33. The first-order valence-corrected chi connectivity index (χ1v) is 13.1. The van der Waals surface area contributed by atoms with Crippen molar-refractivity contribution in [2.45, 2.75) is 84.7 Å². The highest BCUT2D eigenvalue weighted by Crippen LogP contribution is 2.47. The number of allylic oxidation sites excluding steroid dienone is 3. The topological polar surface area (TPSA) is 113 Å². The number of carbonyl (C=O) groups is 1. The minimum Gasteiger partial charge on any atom is -0.507 e. The molecule has 0 saturated carbocycles. The first kappa shape index (κ1) is 27.3. The van der Waals surface area contributed by atoms with Gasteiger partial charge < -0.3 is 19.6 Å². The molecular weight excluding hydrogens is 443 g/mol. The lowest BCUT2D eigenvalue weighted by Crippen LogP contribution is -2.28. The number of benzene rings is 1. The molecule has 0 aliphatic heterocycles. The standard InChI is InChI=1S/C25H37O7P/c1-6-8-9-10-18-14-21(26)24(20-13-17(5)11-12-19(20)16(3)4)23(15-18)31-25(27)22(7-2)32-33(28,29)30/h13-15,19-20,22,26H,3,6-12H2,1-2,4-5H3,(H2,28,29,30)/t19-,20+,22?/m0/s1. The Bertz CT molecular complexity index is 931. The Hall–Kier alpha value is -1.92. The van der Waals surface area contributed by atoms with Crippen LogP contribution in [-0.4, -0.2) is 27.0 Å². The number of phenolic OH excluding ortho intramolecular Hbond substituents is 1. The molecule has 3 atom stereocenters. The van der Waals surface area contributed by atoms with Gasteiger partial charge in [-0.25, -0.2) is 9.36 Å². The van der Waals surface area contributed by atoms with E-state index in [4.69, 9.17) is 14.5 Å². The number of aromatic hydroxyl groups is 1. The van der Waals surface area contributed by atoms with Gasteiger partial charge in [0.15, 0.2) is 6.10 Å². The van der Waals surface area contributed by atoms with E-state index in [9.17, 15) is 14.5 Å². The van der Waals surface area contributed by atoms with Crippen LogP contribution in [0.2, 0.25) is 0 Å². The minimum atomic E-state index is -4.88. The average Bonchev–Trinajstić information content (AvgIpc) is 2.71. The molecule has 1 aliphatic rings. The monoisotopic (exact) mass is 480 g/mol. The molecule has 1 aliphatic carbocycles. The predicted molar refractivity (Wildman–Crippen MR) is 128 cm³/mol. The molecule has 0 heterocycles. The third kappa shape index (κ3) is 7.82. The van der Waals surface area contributed by atoms with E-state index >= 15 is 0 Å². The number of esters is 1. The zero-order valence-electron chi connectivity index (χ0n) is 20.0. The maximum absolute atomic E-state index is 12.8. The summed E-state index contributed by atoms with van der Waals surface area (Å²) in [5.74, 6) is -0.835. The third-order valence-corrected chi connectivity index (χ3v) is 6.60. The number of phosphoric acid groups is 1. The lowest BCUT2D eigenvalue weighted by Gasteiger charge is -2.32. The van der Waals surface area contributed by atoms with Crippen molar-refractivity contribution < 1.29 is 33.5 Å². The second-order valence-corrected chi connectivity index (χ2v) is 10.1. The molecule has 0 spiro atoms. The van der Waals surface area contributed by atoms with Crippen molar-refractivity contribution in [3.05, 3.63) is 47.1 Å². The summed E-state index contributed by atoms with van der Waals surface area (Å²) in [5, 5.41) is 11.1. The number of unbranched alkanes of at least 4 members (excludes halogenated alkanes) is 2. The molecule has 0 saturated heterocycles. The molecule has 1 aromatic carbocycles. The molecule has 0 radical (unpaired) electrons. The van der Waals surface area contributed by atoms with Crippen molar-refractivity contribution in [2.75, 3.05) is 0 Å². The Balaban J connectivity index is 2.52. The van der Waals surface area contributed by atoms with Crippen molar-refractivity contribution >= 4 is 13.8 Å². The van der Waals surface area contributed by atoms with E-state index < -0.39 is 19.9 Å². The van der Waals surface area contributed by atoms with Crippen molar-refractivity contribution in [3.63, 3.8) is 0 Å². The quantitative estimate of drug-likeness (QED) is 0.118. The van der Waals surface area contributed by atoms with Gasteiger partial charge in [-0.3, -0.25) is 4.52 Å². The first-order chi connectivity index (χ1) is 15.5. The molecule has 1 aromatic rings. The van der Waals surface area contributed by atoms with E-state index in [-0.39, 0.29) is 29.8 Å². The maximum atomic E-state index is 12.8. The van der Waals surface area contributed by atoms with Crippen LogP contribution >= 0.6 is 7.82 Å². The summed E-state index contributed by atoms with van der Waals surface area (Å²) in [6.45, 7) is 11.8. The Morgan fingerprint density at radius 3 is 2.55 bits per heavy atom. The number of ether oxygens (including phenoxy) is 1. The molecule has 2 rings (SSSR count). The van der Waals surface area contributed by atoms with E-state index in [1.165, 1.54) is 5.57 Å². The van der Waals surface area contributed by atoms with Gasteiger partial charge >= 0.3 is 13.8 Å². The van der Waals surface area contributed by atoms with Crippen LogP contribution in [-0.2, 0) is 20.3 Å². The molecular formula is C25H37O7P. The smallest absolute Gasteiger partial charge is 0.470 e. The molecule has 0 amide bonds. The molecule has 3 N–H and O–H groups in total. The van der Waals surface area contributed by atoms with Gasteiger partial charge in [-0.2, -0.15) is 0 Å². The van der Waals surface area contributed by atoms with Crippen LogP contribution < -0.4 is 4.74 Å². The normalized spacial score (nSPS) is 19.6. The number of hydrogen-bond acceptors (Lipinski definition) is 5. The number of phosphoric ester groups is 1. The maximum Gasteiger partial charge on any atom is 0.470 e. The number of hydrogen-bond donors (Lipinski definition) is 3. The summed E-state index contributed by atoms with van der Waals surface area (Å²) in [4.78, 5) is 31.1. The largest absolute Gasteiger partial charge is 0.507 e. The fourth-order valence-corrected chi connectivity index (χ4v) is 4.91. The average molecular weight is 481 g/mol. The van der Waals surface area contributed by atoms with Crippen LogP contribution in [0.15, 0.2) is 35.9 Å². The summed E-state index contributed by atoms with van der Waals surface area (Å²) < 4.78 is 21.6. The summed E-state index contributed by atoms with van der Waals surface area (Å²) >= 11 is 0. The van der Waals surface area contributed by atoms with Crippen molar-refractivity contribution in [1.29, 1.82) is 0 Å². The van der Waals surface area contributed by atoms with Crippen LogP contribution in [0.25, 0.3) is 0 Å². The number of aryl methyl sites for hydroxylation is 1. The van der Waals surface area contributed by atoms with E-state index in [2.05, 4.69) is 24.1 Å². The minimum absolute atomic E-state index is 0.0261. The summed E-state index contributed by atoms with van der Waals surface area (Å²) in [7, 11) is -4.88. The number of carbonyl (C=O) groups excluding carboxylic acids is 1. The Kier molecular flexibility index (Phi) is 9.92. The molecule has 7 nitrogen and oxygen atoms in total. The fourth-order valence-electron chi connectivity index (χ4n) is 4.34. The summed E-state index contributed by atoms with van der Waals surface area (Å²) in [5.41, 5.74) is 3.47. The fraction of sp³-hybridized carbons (Fsp3) is 0.560.